The molecule has 2 aromatic carbocycles. The Kier molecular flexibility index (Phi) is 4.60. The van der Waals surface area contributed by atoms with Crippen LogP contribution in [0.1, 0.15) is 27.2 Å². The monoisotopic (exact) mass is 334 g/mol. The summed E-state index contributed by atoms with van der Waals surface area (Å²) in [6.45, 7) is 6.67. The zero-order chi connectivity index (χ0) is 17.3. The molecule has 0 N–H and O–H groups in total. The first kappa shape index (κ1) is 16.6. The predicted octanol–water partition coefficient (Wildman–Crippen LogP) is 5.69. The maximum atomic E-state index is 14.6. The van der Waals surface area contributed by atoms with Gasteiger partial charge >= 0.3 is 0 Å². The standard InChI is InChI=1S/C19H20F2O3/c1-4-22-14-7-5-12-13-6-8-15(23-10-9-11(2)3)17(21)19(13)24-18(12)16(14)20/h5-8,11H,4,9-10H2,1-3H3. The minimum Gasteiger partial charge on any atom is -0.491 e. The third kappa shape index (κ3) is 2.90. The largest absolute Gasteiger partial charge is 0.491 e. The first-order valence-electron chi connectivity index (χ1n) is 8.11. The summed E-state index contributed by atoms with van der Waals surface area (Å²) in [5, 5.41) is 1.03. The second-order valence-electron chi connectivity index (χ2n) is 6.07. The van der Waals surface area contributed by atoms with E-state index in [1.807, 2.05) is 0 Å². The Labute approximate surface area is 139 Å². The molecular weight excluding hydrogens is 314 g/mol. The number of hydrogen-bond donors (Lipinski definition) is 0. The van der Waals surface area contributed by atoms with E-state index >= 15 is 0 Å². The summed E-state index contributed by atoms with van der Waals surface area (Å²) in [6, 6.07) is 6.45. The van der Waals surface area contributed by atoms with Gasteiger partial charge in [0.25, 0.3) is 0 Å². The van der Waals surface area contributed by atoms with E-state index in [0.29, 0.717) is 29.9 Å². The third-order valence-corrected chi connectivity index (χ3v) is 3.87. The van der Waals surface area contributed by atoms with E-state index in [-0.39, 0.29) is 22.7 Å². The molecule has 0 fully saturated rings. The van der Waals surface area contributed by atoms with E-state index in [9.17, 15) is 8.78 Å². The van der Waals surface area contributed by atoms with Gasteiger partial charge in [0.15, 0.2) is 22.7 Å². The van der Waals surface area contributed by atoms with E-state index in [2.05, 4.69) is 13.8 Å². The van der Waals surface area contributed by atoms with Crippen molar-refractivity contribution >= 4 is 21.9 Å². The molecule has 0 bridgehead atoms. The highest BCUT2D eigenvalue weighted by atomic mass is 19.1. The van der Waals surface area contributed by atoms with Crippen molar-refractivity contribution in [3.8, 4) is 11.5 Å². The maximum Gasteiger partial charge on any atom is 0.208 e. The van der Waals surface area contributed by atoms with Crippen molar-refractivity contribution in [3.05, 3.63) is 35.9 Å². The van der Waals surface area contributed by atoms with Crippen LogP contribution in [0.25, 0.3) is 21.9 Å². The molecule has 3 rings (SSSR count). The summed E-state index contributed by atoms with van der Waals surface area (Å²) in [5.41, 5.74) is -0.00576. The number of furan rings is 1. The number of benzene rings is 2. The lowest BCUT2D eigenvalue weighted by molar-refractivity contribution is 0.277. The van der Waals surface area contributed by atoms with Crippen LogP contribution < -0.4 is 9.47 Å². The Morgan fingerprint density at radius 3 is 1.96 bits per heavy atom. The van der Waals surface area contributed by atoms with Gasteiger partial charge in [0.2, 0.25) is 11.6 Å². The number of fused-ring (bicyclic) bond motifs is 3. The van der Waals surface area contributed by atoms with Crippen LogP contribution in [0.4, 0.5) is 8.78 Å². The van der Waals surface area contributed by atoms with Crippen LogP contribution in [0.2, 0.25) is 0 Å². The Morgan fingerprint density at radius 2 is 1.46 bits per heavy atom. The average Bonchev–Trinajstić information content (AvgIpc) is 2.92. The summed E-state index contributed by atoms with van der Waals surface area (Å²) in [6.07, 6.45) is 0.823. The number of hydrogen-bond acceptors (Lipinski definition) is 3. The van der Waals surface area contributed by atoms with Crippen molar-refractivity contribution in [3.63, 3.8) is 0 Å². The van der Waals surface area contributed by atoms with E-state index in [1.165, 1.54) is 6.07 Å². The van der Waals surface area contributed by atoms with E-state index in [1.54, 1.807) is 25.1 Å². The van der Waals surface area contributed by atoms with Crippen LogP contribution >= 0.6 is 0 Å². The van der Waals surface area contributed by atoms with Gasteiger partial charge in [0.1, 0.15) is 0 Å². The molecule has 5 heteroatoms. The zero-order valence-electron chi connectivity index (χ0n) is 14.0. The van der Waals surface area contributed by atoms with Crippen molar-refractivity contribution in [1.29, 1.82) is 0 Å². The maximum absolute atomic E-state index is 14.6. The van der Waals surface area contributed by atoms with Crippen LogP contribution in [-0.4, -0.2) is 13.2 Å². The van der Waals surface area contributed by atoms with Gasteiger partial charge in [-0.05, 0) is 43.5 Å². The molecule has 3 aromatic rings. The van der Waals surface area contributed by atoms with Crippen molar-refractivity contribution in [2.75, 3.05) is 13.2 Å². The van der Waals surface area contributed by atoms with Gasteiger partial charge in [-0.2, -0.15) is 8.78 Å². The molecule has 0 aliphatic rings. The van der Waals surface area contributed by atoms with Gasteiger partial charge in [0, 0.05) is 10.8 Å². The van der Waals surface area contributed by atoms with Crippen LogP contribution in [0.15, 0.2) is 28.7 Å². The lowest BCUT2D eigenvalue weighted by Crippen LogP contribution is -2.02. The molecule has 1 aromatic heterocycles. The molecule has 0 aliphatic carbocycles. The zero-order valence-corrected chi connectivity index (χ0v) is 14.0. The summed E-state index contributed by atoms with van der Waals surface area (Å²) in [7, 11) is 0. The van der Waals surface area contributed by atoms with Gasteiger partial charge in [-0.3, -0.25) is 0 Å². The number of ether oxygens (including phenoxy) is 2. The van der Waals surface area contributed by atoms with Gasteiger partial charge in [-0.15, -0.1) is 0 Å². The van der Waals surface area contributed by atoms with Gasteiger partial charge in [-0.1, -0.05) is 13.8 Å². The van der Waals surface area contributed by atoms with Gasteiger partial charge < -0.3 is 13.9 Å². The van der Waals surface area contributed by atoms with Crippen molar-refractivity contribution in [2.45, 2.75) is 27.2 Å². The summed E-state index contributed by atoms with van der Waals surface area (Å²) in [5.74, 6) is -0.545. The fourth-order valence-corrected chi connectivity index (χ4v) is 2.58. The number of halogens is 2. The second kappa shape index (κ2) is 6.67. The Balaban J connectivity index is 2.04. The fourth-order valence-electron chi connectivity index (χ4n) is 2.58. The van der Waals surface area contributed by atoms with Crippen LogP contribution in [-0.2, 0) is 0 Å². The molecule has 128 valence electrons. The highest BCUT2D eigenvalue weighted by Gasteiger charge is 2.20. The molecular formula is C19H20F2O3. The topological polar surface area (TPSA) is 31.6 Å². The Morgan fingerprint density at radius 1 is 0.917 bits per heavy atom. The average molecular weight is 334 g/mol. The molecule has 0 atom stereocenters. The second-order valence-corrected chi connectivity index (χ2v) is 6.07. The van der Waals surface area contributed by atoms with Crippen molar-refractivity contribution in [1.82, 2.24) is 0 Å². The van der Waals surface area contributed by atoms with Gasteiger partial charge in [0.05, 0.1) is 13.2 Å². The fraction of sp³-hybridized carbons (Fsp3) is 0.368. The van der Waals surface area contributed by atoms with Crippen molar-refractivity contribution < 1.29 is 22.7 Å². The number of rotatable bonds is 6. The minimum atomic E-state index is -0.618. The third-order valence-electron chi connectivity index (χ3n) is 3.87. The smallest absolute Gasteiger partial charge is 0.208 e. The SMILES string of the molecule is CCOc1ccc2c(oc3c(F)c(OCCC(C)C)ccc32)c1F. The molecule has 0 spiro atoms. The molecule has 24 heavy (non-hydrogen) atoms. The summed E-state index contributed by atoms with van der Waals surface area (Å²) in [4.78, 5) is 0. The van der Waals surface area contributed by atoms with Gasteiger partial charge in [-0.25, -0.2) is 0 Å². The molecule has 0 saturated carbocycles. The van der Waals surface area contributed by atoms with Crippen LogP contribution in [0, 0.1) is 17.6 Å². The lowest BCUT2D eigenvalue weighted by Gasteiger charge is -2.08. The molecule has 0 amide bonds. The Hall–Kier alpha value is -2.30. The van der Waals surface area contributed by atoms with E-state index < -0.39 is 11.6 Å². The van der Waals surface area contributed by atoms with E-state index in [4.69, 9.17) is 13.9 Å². The predicted molar refractivity (Wildman–Crippen MR) is 89.8 cm³/mol. The summed E-state index contributed by atoms with van der Waals surface area (Å²) < 4.78 is 45.3. The highest BCUT2D eigenvalue weighted by molar-refractivity contribution is 6.06. The first-order valence-corrected chi connectivity index (χ1v) is 8.11. The first-order chi connectivity index (χ1) is 11.5. The van der Waals surface area contributed by atoms with Crippen molar-refractivity contribution in [2.24, 2.45) is 5.92 Å². The van der Waals surface area contributed by atoms with E-state index in [0.717, 1.165) is 6.42 Å². The lowest BCUT2D eigenvalue weighted by atomic mass is 10.1. The molecule has 0 aliphatic heterocycles. The minimum absolute atomic E-state index is 0.000375. The summed E-state index contributed by atoms with van der Waals surface area (Å²) >= 11 is 0. The Bertz CT molecular complexity index is 868. The van der Waals surface area contributed by atoms with Crippen LogP contribution in [0.3, 0.4) is 0 Å². The highest BCUT2D eigenvalue weighted by Crippen LogP contribution is 2.37. The quantitative estimate of drug-likeness (QED) is 0.580. The normalized spacial score (nSPS) is 11.6. The van der Waals surface area contributed by atoms with Crippen LogP contribution in [0.5, 0.6) is 11.5 Å². The molecule has 0 unspecified atom stereocenters. The molecule has 1 heterocycles. The molecule has 0 saturated heterocycles. The molecule has 0 radical (unpaired) electrons. The molecule has 3 nitrogen and oxygen atoms in total.